The standard InChI is InChI=1S/C16H17N3O4/c1-10-5-4-6-11(2)16(10)23-9-15(20)18-14-7-12(3)13(8-17-14)19(21)22/h4-8H,9H2,1-3H3,(H,17,18,20). The Morgan fingerprint density at radius 1 is 1.26 bits per heavy atom. The molecule has 0 unspecified atom stereocenters. The molecule has 0 saturated heterocycles. The van der Waals surface area contributed by atoms with Crippen LogP contribution in [0.2, 0.25) is 0 Å². The fourth-order valence-corrected chi connectivity index (χ4v) is 2.15. The Bertz CT molecular complexity index is 739. The molecule has 0 aliphatic rings. The number of amides is 1. The van der Waals surface area contributed by atoms with Crippen molar-refractivity contribution < 1.29 is 14.5 Å². The first kappa shape index (κ1) is 16.4. The Kier molecular flexibility index (Phi) is 4.90. The summed E-state index contributed by atoms with van der Waals surface area (Å²) >= 11 is 0. The first-order valence-corrected chi connectivity index (χ1v) is 6.98. The monoisotopic (exact) mass is 315 g/mol. The number of aromatic nitrogens is 1. The number of benzene rings is 1. The lowest BCUT2D eigenvalue weighted by atomic mass is 10.1. The number of carbonyl (C=O) groups excluding carboxylic acids is 1. The Labute approximate surface area is 133 Å². The summed E-state index contributed by atoms with van der Waals surface area (Å²) in [6.45, 7) is 5.23. The average Bonchev–Trinajstić information content (AvgIpc) is 2.46. The molecule has 120 valence electrons. The van der Waals surface area contributed by atoms with Gasteiger partial charge in [-0.05, 0) is 38.0 Å². The molecule has 2 aromatic rings. The zero-order valence-corrected chi connectivity index (χ0v) is 13.1. The molecule has 23 heavy (non-hydrogen) atoms. The quantitative estimate of drug-likeness (QED) is 0.676. The summed E-state index contributed by atoms with van der Waals surface area (Å²) in [6.07, 6.45) is 1.12. The van der Waals surface area contributed by atoms with Gasteiger partial charge in [-0.25, -0.2) is 4.98 Å². The molecule has 0 radical (unpaired) electrons. The van der Waals surface area contributed by atoms with Crippen LogP contribution < -0.4 is 10.1 Å². The molecule has 1 amide bonds. The maximum atomic E-state index is 11.9. The first-order chi connectivity index (χ1) is 10.9. The van der Waals surface area contributed by atoms with Crippen molar-refractivity contribution in [3.05, 3.63) is 57.3 Å². The van der Waals surface area contributed by atoms with Crippen LogP contribution in [0.1, 0.15) is 16.7 Å². The minimum atomic E-state index is -0.516. The molecule has 0 fully saturated rings. The first-order valence-electron chi connectivity index (χ1n) is 6.98. The fraction of sp³-hybridized carbons (Fsp3) is 0.250. The molecule has 1 aromatic heterocycles. The van der Waals surface area contributed by atoms with Crippen molar-refractivity contribution >= 4 is 17.4 Å². The van der Waals surface area contributed by atoms with Gasteiger partial charge >= 0.3 is 0 Å². The lowest BCUT2D eigenvalue weighted by Gasteiger charge is -2.11. The van der Waals surface area contributed by atoms with Crippen LogP contribution in [0.3, 0.4) is 0 Å². The highest BCUT2D eigenvalue weighted by atomic mass is 16.6. The zero-order chi connectivity index (χ0) is 17.0. The fourth-order valence-electron chi connectivity index (χ4n) is 2.15. The van der Waals surface area contributed by atoms with Gasteiger partial charge < -0.3 is 10.1 Å². The van der Waals surface area contributed by atoms with Gasteiger partial charge in [0.1, 0.15) is 17.8 Å². The Morgan fingerprint density at radius 3 is 2.48 bits per heavy atom. The molecule has 1 aromatic carbocycles. The molecule has 0 bridgehead atoms. The number of rotatable bonds is 5. The summed E-state index contributed by atoms with van der Waals surface area (Å²) in [5.41, 5.74) is 2.23. The number of carbonyl (C=O) groups is 1. The predicted molar refractivity (Wildman–Crippen MR) is 85.7 cm³/mol. The molecule has 0 atom stereocenters. The lowest BCUT2D eigenvalue weighted by molar-refractivity contribution is -0.385. The van der Waals surface area contributed by atoms with Gasteiger partial charge in [0.25, 0.3) is 11.6 Å². The molecule has 0 spiro atoms. The van der Waals surface area contributed by atoms with Gasteiger partial charge in [0.15, 0.2) is 6.61 Å². The van der Waals surface area contributed by atoms with Crippen molar-refractivity contribution in [3.63, 3.8) is 0 Å². The number of nitrogens with one attached hydrogen (secondary N) is 1. The number of nitrogens with zero attached hydrogens (tertiary/aromatic N) is 2. The molecule has 0 aliphatic carbocycles. The van der Waals surface area contributed by atoms with Crippen molar-refractivity contribution in [2.75, 3.05) is 11.9 Å². The number of hydrogen-bond donors (Lipinski definition) is 1. The third kappa shape index (κ3) is 4.03. The third-order valence-electron chi connectivity index (χ3n) is 3.30. The molecule has 1 N–H and O–H groups in total. The Morgan fingerprint density at radius 2 is 1.91 bits per heavy atom. The van der Waals surface area contributed by atoms with Gasteiger partial charge in [-0.2, -0.15) is 0 Å². The minimum absolute atomic E-state index is 0.0882. The third-order valence-corrected chi connectivity index (χ3v) is 3.30. The number of nitro groups is 1. The smallest absolute Gasteiger partial charge is 0.290 e. The van der Waals surface area contributed by atoms with Crippen molar-refractivity contribution in [1.82, 2.24) is 4.98 Å². The predicted octanol–water partition coefficient (Wildman–Crippen LogP) is 2.93. The van der Waals surface area contributed by atoms with Crippen LogP contribution in [0, 0.1) is 30.9 Å². The molecular weight excluding hydrogens is 298 g/mol. The van der Waals surface area contributed by atoms with E-state index in [4.69, 9.17) is 4.74 Å². The maximum Gasteiger partial charge on any atom is 0.290 e. The second-order valence-electron chi connectivity index (χ2n) is 5.17. The van der Waals surface area contributed by atoms with Crippen molar-refractivity contribution in [1.29, 1.82) is 0 Å². The van der Waals surface area contributed by atoms with Crippen LogP contribution in [0.4, 0.5) is 11.5 Å². The van der Waals surface area contributed by atoms with Crippen molar-refractivity contribution in [2.24, 2.45) is 0 Å². The molecular formula is C16H17N3O4. The van der Waals surface area contributed by atoms with Crippen LogP contribution in [-0.2, 0) is 4.79 Å². The van der Waals surface area contributed by atoms with Gasteiger partial charge in [0.05, 0.1) is 4.92 Å². The van der Waals surface area contributed by atoms with Crippen LogP contribution in [0.5, 0.6) is 5.75 Å². The molecule has 2 rings (SSSR count). The van der Waals surface area contributed by atoms with Crippen molar-refractivity contribution in [2.45, 2.75) is 20.8 Å². The summed E-state index contributed by atoms with van der Waals surface area (Å²) in [4.78, 5) is 26.0. The van der Waals surface area contributed by atoms with E-state index in [1.165, 1.54) is 6.07 Å². The highest BCUT2D eigenvalue weighted by Gasteiger charge is 2.13. The highest BCUT2D eigenvalue weighted by molar-refractivity contribution is 5.91. The van der Waals surface area contributed by atoms with E-state index >= 15 is 0 Å². The van der Waals surface area contributed by atoms with E-state index in [0.717, 1.165) is 17.3 Å². The highest BCUT2D eigenvalue weighted by Crippen LogP contribution is 2.22. The summed E-state index contributed by atoms with van der Waals surface area (Å²) in [6, 6.07) is 7.18. The molecule has 0 saturated carbocycles. The maximum absolute atomic E-state index is 11.9. The largest absolute Gasteiger partial charge is 0.483 e. The van der Waals surface area contributed by atoms with Gasteiger partial charge in [-0.1, -0.05) is 18.2 Å². The number of pyridine rings is 1. The van der Waals surface area contributed by atoms with E-state index in [-0.39, 0.29) is 24.0 Å². The summed E-state index contributed by atoms with van der Waals surface area (Å²) in [7, 11) is 0. The van der Waals surface area contributed by atoms with E-state index in [9.17, 15) is 14.9 Å². The van der Waals surface area contributed by atoms with Crippen LogP contribution in [0.15, 0.2) is 30.5 Å². The van der Waals surface area contributed by atoms with Gasteiger partial charge in [0.2, 0.25) is 0 Å². The van der Waals surface area contributed by atoms with E-state index < -0.39 is 4.92 Å². The van der Waals surface area contributed by atoms with Crippen molar-refractivity contribution in [3.8, 4) is 5.75 Å². The van der Waals surface area contributed by atoms with E-state index in [2.05, 4.69) is 10.3 Å². The number of para-hydroxylation sites is 1. The minimum Gasteiger partial charge on any atom is -0.483 e. The summed E-state index contributed by atoms with van der Waals surface area (Å²) in [5.74, 6) is 0.548. The number of aryl methyl sites for hydroxylation is 3. The lowest BCUT2D eigenvalue weighted by Crippen LogP contribution is -2.21. The SMILES string of the molecule is Cc1cc(NC(=O)COc2c(C)cccc2C)ncc1[N+](=O)[O-]. The second kappa shape index (κ2) is 6.87. The van der Waals surface area contributed by atoms with Crippen LogP contribution in [-0.4, -0.2) is 22.4 Å². The van der Waals surface area contributed by atoms with Crippen LogP contribution >= 0.6 is 0 Å². The van der Waals surface area contributed by atoms with Crippen LogP contribution in [0.25, 0.3) is 0 Å². The number of ether oxygens (including phenoxy) is 1. The average molecular weight is 315 g/mol. The second-order valence-corrected chi connectivity index (χ2v) is 5.17. The van der Waals surface area contributed by atoms with E-state index in [1.54, 1.807) is 6.92 Å². The molecule has 7 nitrogen and oxygen atoms in total. The van der Waals surface area contributed by atoms with Gasteiger partial charge in [0, 0.05) is 5.56 Å². The zero-order valence-electron chi connectivity index (χ0n) is 13.1. The number of hydrogen-bond acceptors (Lipinski definition) is 5. The molecule has 7 heteroatoms. The Hall–Kier alpha value is -2.96. The molecule has 1 heterocycles. The van der Waals surface area contributed by atoms with Gasteiger partial charge in [-0.3, -0.25) is 14.9 Å². The Balaban J connectivity index is 2.00. The van der Waals surface area contributed by atoms with E-state index in [0.29, 0.717) is 11.3 Å². The number of anilines is 1. The van der Waals surface area contributed by atoms with E-state index in [1.807, 2.05) is 32.0 Å². The summed E-state index contributed by atoms with van der Waals surface area (Å²) in [5, 5.41) is 13.3. The topological polar surface area (TPSA) is 94.4 Å². The normalized spacial score (nSPS) is 10.2. The van der Waals surface area contributed by atoms with Gasteiger partial charge in [-0.15, -0.1) is 0 Å². The summed E-state index contributed by atoms with van der Waals surface area (Å²) < 4.78 is 5.55. The molecule has 0 aliphatic heterocycles.